The fourth-order valence-electron chi connectivity index (χ4n) is 4.05. The number of amides is 1. The molecule has 3 rings (SSSR count). The normalized spacial score (nSPS) is 21.9. The lowest BCUT2D eigenvalue weighted by Gasteiger charge is -2.44. The van der Waals surface area contributed by atoms with Crippen molar-refractivity contribution in [1.29, 1.82) is 0 Å². The Kier molecular flexibility index (Phi) is 4.23. The highest BCUT2D eigenvalue weighted by Gasteiger charge is 2.38. The second kappa shape index (κ2) is 6.15. The maximum absolute atomic E-state index is 12.0. The van der Waals surface area contributed by atoms with Gasteiger partial charge in [0.15, 0.2) is 0 Å². The van der Waals surface area contributed by atoms with Crippen molar-refractivity contribution in [2.24, 2.45) is 5.73 Å². The maximum Gasteiger partial charge on any atom is 0.246 e. The van der Waals surface area contributed by atoms with Gasteiger partial charge in [-0.1, -0.05) is 56.9 Å². The van der Waals surface area contributed by atoms with Gasteiger partial charge in [0, 0.05) is 16.7 Å². The maximum atomic E-state index is 12.0. The second-order valence-electron chi connectivity index (χ2n) is 6.77. The monoisotopic (exact) mass is 298 g/mol. The van der Waals surface area contributed by atoms with E-state index in [0.717, 1.165) is 30.5 Å². The van der Waals surface area contributed by atoms with Crippen LogP contribution in [0.4, 0.5) is 0 Å². The molecule has 22 heavy (non-hydrogen) atoms. The number of primary amides is 1. The molecule has 1 amide bonds. The van der Waals surface area contributed by atoms with Gasteiger partial charge in [0.2, 0.25) is 5.91 Å². The van der Waals surface area contributed by atoms with Gasteiger partial charge in [-0.3, -0.25) is 4.79 Å². The first kappa shape index (κ1) is 15.1. The minimum Gasteiger partial charge on any atom is -0.378 e. The van der Waals surface area contributed by atoms with Gasteiger partial charge in [0.05, 0.1) is 5.70 Å². The molecule has 3 heteroatoms. The van der Waals surface area contributed by atoms with Crippen LogP contribution in [-0.4, -0.2) is 11.4 Å². The lowest BCUT2D eigenvalue weighted by molar-refractivity contribution is -0.114. The predicted octanol–water partition coefficient (Wildman–Crippen LogP) is 3.53. The Morgan fingerprint density at radius 3 is 2.64 bits per heavy atom. The number of carbonyl (C=O) groups excluding carboxylic acids is 1. The van der Waals surface area contributed by atoms with Crippen LogP contribution in [0.2, 0.25) is 0 Å². The summed E-state index contributed by atoms with van der Waals surface area (Å²) in [6.07, 6.45) is 8.95. The molecule has 1 spiro atoms. The molecule has 1 aliphatic heterocycles. The summed E-state index contributed by atoms with van der Waals surface area (Å²) in [6, 6.07) is 8.47. The van der Waals surface area contributed by atoms with Crippen LogP contribution >= 0.6 is 0 Å². The minimum absolute atomic E-state index is 0.121. The van der Waals surface area contributed by atoms with E-state index in [0.29, 0.717) is 0 Å². The van der Waals surface area contributed by atoms with Gasteiger partial charge in [0.1, 0.15) is 0 Å². The van der Waals surface area contributed by atoms with Crippen molar-refractivity contribution in [2.45, 2.75) is 63.8 Å². The summed E-state index contributed by atoms with van der Waals surface area (Å²) in [5.74, 6) is -0.285. The minimum atomic E-state index is -0.285. The van der Waals surface area contributed by atoms with Crippen molar-refractivity contribution in [3.8, 4) is 0 Å². The quantitative estimate of drug-likeness (QED) is 0.839. The molecule has 0 radical (unpaired) electrons. The van der Waals surface area contributed by atoms with E-state index >= 15 is 0 Å². The Morgan fingerprint density at radius 2 is 1.95 bits per heavy atom. The molecule has 1 fully saturated rings. The topological polar surface area (TPSA) is 55.1 Å². The highest BCUT2D eigenvalue weighted by Crippen LogP contribution is 2.40. The summed E-state index contributed by atoms with van der Waals surface area (Å²) in [4.78, 5) is 12.0. The molecule has 0 atom stereocenters. The molecule has 2 aliphatic rings. The van der Waals surface area contributed by atoms with Gasteiger partial charge in [0.25, 0.3) is 0 Å². The Labute approximate surface area is 133 Å². The van der Waals surface area contributed by atoms with Crippen LogP contribution in [0.3, 0.4) is 0 Å². The molecule has 0 saturated heterocycles. The van der Waals surface area contributed by atoms with Crippen molar-refractivity contribution in [1.82, 2.24) is 5.32 Å². The van der Waals surface area contributed by atoms with E-state index in [4.69, 9.17) is 5.73 Å². The molecule has 1 saturated carbocycles. The molecule has 3 nitrogen and oxygen atoms in total. The van der Waals surface area contributed by atoms with Gasteiger partial charge >= 0.3 is 0 Å². The number of hydrogen-bond acceptors (Lipinski definition) is 2. The third-order valence-corrected chi connectivity index (χ3v) is 5.12. The Bertz CT molecular complexity index is 597. The average Bonchev–Trinajstić information content (AvgIpc) is 2.52. The number of carbonyl (C=O) groups is 1. The van der Waals surface area contributed by atoms with Crippen molar-refractivity contribution in [3.63, 3.8) is 0 Å². The van der Waals surface area contributed by atoms with Gasteiger partial charge in [-0.2, -0.15) is 0 Å². The standard InChI is InChI=1S/C19H26N2O/c1-2-8-16(18(20)22)17-15-10-5-4-9-14(15)13-19(21-17)11-6-3-7-12-19/h4-5,9-10,21H,2-3,6-8,11-13H2,1H3,(H2,20,22). The largest absolute Gasteiger partial charge is 0.378 e. The first-order valence-corrected chi connectivity index (χ1v) is 8.55. The van der Waals surface area contributed by atoms with Crippen LogP contribution < -0.4 is 11.1 Å². The number of benzene rings is 1. The molecule has 118 valence electrons. The first-order chi connectivity index (χ1) is 10.7. The SMILES string of the molecule is CCCC(C(N)=O)=C1NC2(CCCCC2)Cc2ccccc21. The Hall–Kier alpha value is -1.77. The summed E-state index contributed by atoms with van der Waals surface area (Å²) in [5, 5.41) is 3.77. The van der Waals surface area contributed by atoms with E-state index in [9.17, 15) is 4.79 Å². The summed E-state index contributed by atoms with van der Waals surface area (Å²) >= 11 is 0. The highest BCUT2D eigenvalue weighted by atomic mass is 16.1. The van der Waals surface area contributed by atoms with Crippen molar-refractivity contribution < 1.29 is 4.79 Å². The van der Waals surface area contributed by atoms with Gasteiger partial charge in [-0.05, 0) is 31.2 Å². The zero-order chi connectivity index (χ0) is 15.6. The van der Waals surface area contributed by atoms with Crippen LogP contribution in [0.5, 0.6) is 0 Å². The fraction of sp³-hybridized carbons (Fsp3) is 0.526. The van der Waals surface area contributed by atoms with Crippen LogP contribution in [0.25, 0.3) is 5.70 Å². The third kappa shape index (κ3) is 2.77. The summed E-state index contributed by atoms with van der Waals surface area (Å²) in [7, 11) is 0. The molecule has 3 N–H and O–H groups in total. The number of hydrogen-bond donors (Lipinski definition) is 2. The number of nitrogens with one attached hydrogen (secondary N) is 1. The molecule has 1 aromatic carbocycles. The van der Waals surface area contributed by atoms with E-state index in [-0.39, 0.29) is 11.4 Å². The van der Waals surface area contributed by atoms with Crippen molar-refractivity contribution in [3.05, 3.63) is 41.0 Å². The second-order valence-corrected chi connectivity index (χ2v) is 6.77. The van der Waals surface area contributed by atoms with Crippen molar-refractivity contribution in [2.75, 3.05) is 0 Å². The van der Waals surface area contributed by atoms with Crippen LogP contribution in [0.15, 0.2) is 29.8 Å². The van der Waals surface area contributed by atoms with E-state index in [1.54, 1.807) is 0 Å². The lowest BCUT2D eigenvalue weighted by Crippen LogP contribution is -2.51. The molecule has 1 heterocycles. The van der Waals surface area contributed by atoms with E-state index < -0.39 is 0 Å². The van der Waals surface area contributed by atoms with Crippen molar-refractivity contribution >= 4 is 11.6 Å². The van der Waals surface area contributed by atoms with E-state index in [1.807, 2.05) is 6.07 Å². The van der Waals surface area contributed by atoms with Gasteiger partial charge < -0.3 is 11.1 Å². The third-order valence-electron chi connectivity index (χ3n) is 5.12. The van der Waals surface area contributed by atoms with Gasteiger partial charge in [-0.15, -0.1) is 0 Å². The molecule has 0 unspecified atom stereocenters. The van der Waals surface area contributed by atoms with Crippen LogP contribution in [0.1, 0.15) is 63.0 Å². The van der Waals surface area contributed by atoms with E-state index in [1.165, 1.54) is 43.2 Å². The Balaban J connectivity index is 2.11. The number of rotatable bonds is 3. The summed E-state index contributed by atoms with van der Waals surface area (Å²) in [6.45, 7) is 2.09. The summed E-state index contributed by atoms with van der Waals surface area (Å²) in [5.41, 5.74) is 10.1. The Morgan fingerprint density at radius 1 is 1.23 bits per heavy atom. The molecule has 0 bridgehead atoms. The first-order valence-electron chi connectivity index (χ1n) is 8.55. The highest BCUT2D eigenvalue weighted by molar-refractivity contribution is 6.00. The molecule has 1 aliphatic carbocycles. The molecule has 0 aromatic heterocycles. The van der Waals surface area contributed by atoms with Crippen LogP contribution in [-0.2, 0) is 11.2 Å². The molecular weight excluding hydrogens is 272 g/mol. The van der Waals surface area contributed by atoms with Crippen LogP contribution in [0, 0.1) is 0 Å². The fourth-order valence-corrected chi connectivity index (χ4v) is 4.05. The lowest BCUT2D eigenvalue weighted by atomic mass is 9.73. The zero-order valence-corrected chi connectivity index (χ0v) is 13.5. The predicted molar refractivity (Wildman–Crippen MR) is 90.1 cm³/mol. The molecular formula is C19H26N2O. The number of fused-ring (bicyclic) bond motifs is 1. The van der Waals surface area contributed by atoms with E-state index in [2.05, 4.69) is 30.4 Å². The number of nitrogens with two attached hydrogens (primary N) is 1. The zero-order valence-electron chi connectivity index (χ0n) is 13.5. The smallest absolute Gasteiger partial charge is 0.246 e. The summed E-state index contributed by atoms with van der Waals surface area (Å²) < 4.78 is 0. The average molecular weight is 298 g/mol. The molecule has 1 aromatic rings. The van der Waals surface area contributed by atoms with Gasteiger partial charge in [-0.25, -0.2) is 0 Å².